The van der Waals surface area contributed by atoms with Gasteiger partial charge in [0.1, 0.15) is 5.82 Å². The number of imidazole rings is 1. The SMILES string of the molecule is O=C(Cc1ccc(Cl)cc1)NCCCc1nc2ccccc2n1Cc1ccc(Br)cc1. The number of carbonyl (C=O) groups excluding carboxylic acids is 1. The summed E-state index contributed by atoms with van der Waals surface area (Å²) in [6, 6.07) is 24.0. The fourth-order valence-corrected chi connectivity index (χ4v) is 3.98. The van der Waals surface area contributed by atoms with Crippen LogP contribution in [0.2, 0.25) is 5.02 Å². The highest BCUT2D eigenvalue weighted by atomic mass is 79.9. The quantitative estimate of drug-likeness (QED) is 0.314. The van der Waals surface area contributed by atoms with Gasteiger partial charge in [-0.2, -0.15) is 0 Å². The molecule has 1 aromatic heterocycles. The molecule has 0 aliphatic carbocycles. The van der Waals surface area contributed by atoms with Crippen molar-refractivity contribution in [1.29, 1.82) is 0 Å². The van der Waals surface area contributed by atoms with Crippen LogP contribution < -0.4 is 5.32 Å². The fraction of sp³-hybridized carbons (Fsp3) is 0.200. The maximum absolute atomic E-state index is 12.2. The topological polar surface area (TPSA) is 46.9 Å². The molecule has 0 spiro atoms. The van der Waals surface area contributed by atoms with Crippen LogP contribution in [0.25, 0.3) is 11.0 Å². The first-order valence-electron chi connectivity index (χ1n) is 10.3. The molecule has 158 valence electrons. The van der Waals surface area contributed by atoms with Gasteiger partial charge < -0.3 is 9.88 Å². The van der Waals surface area contributed by atoms with Gasteiger partial charge in [-0.15, -0.1) is 0 Å². The smallest absolute Gasteiger partial charge is 0.224 e. The zero-order valence-corrected chi connectivity index (χ0v) is 19.4. The summed E-state index contributed by atoms with van der Waals surface area (Å²) in [7, 11) is 0. The van der Waals surface area contributed by atoms with Gasteiger partial charge >= 0.3 is 0 Å². The van der Waals surface area contributed by atoms with E-state index in [4.69, 9.17) is 16.6 Å². The summed E-state index contributed by atoms with van der Waals surface area (Å²) in [5.41, 5.74) is 4.32. The van der Waals surface area contributed by atoms with E-state index in [1.54, 1.807) is 12.1 Å². The van der Waals surface area contributed by atoms with Crippen LogP contribution in [0, 0.1) is 0 Å². The van der Waals surface area contributed by atoms with E-state index in [2.05, 4.69) is 56.1 Å². The summed E-state index contributed by atoms with van der Waals surface area (Å²) >= 11 is 9.39. The molecular weight excluding hydrogens is 474 g/mol. The van der Waals surface area contributed by atoms with Crippen molar-refractivity contribution in [2.45, 2.75) is 25.8 Å². The Kier molecular flexibility index (Phi) is 7.05. The van der Waals surface area contributed by atoms with Gasteiger partial charge in [0.2, 0.25) is 5.91 Å². The number of fused-ring (bicyclic) bond motifs is 1. The number of nitrogens with zero attached hydrogens (tertiary/aromatic N) is 2. The molecule has 0 aliphatic rings. The molecule has 6 heteroatoms. The van der Waals surface area contributed by atoms with Gasteiger partial charge in [0.15, 0.2) is 0 Å². The Morgan fingerprint density at radius 2 is 1.68 bits per heavy atom. The third-order valence-corrected chi connectivity index (χ3v) is 5.95. The lowest BCUT2D eigenvalue weighted by Gasteiger charge is -2.10. The Balaban J connectivity index is 1.38. The van der Waals surface area contributed by atoms with E-state index in [0.29, 0.717) is 18.0 Å². The zero-order valence-electron chi connectivity index (χ0n) is 17.0. The predicted octanol–water partition coefficient (Wildman–Crippen LogP) is 5.79. The largest absolute Gasteiger partial charge is 0.356 e. The standard InChI is InChI=1S/C25H23BrClN3O/c26-20-11-7-19(8-12-20)17-30-23-5-2-1-4-22(23)29-24(30)6-3-15-28-25(31)16-18-9-13-21(27)14-10-18/h1-2,4-5,7-14H,3,6,15-17H2,(H,28,31). The molecule has 0 saturated heterocycles. The molecule has 0 aliphatic heterocycles. The van der Waals surface area contributed by atoms with Gasteiger partial charge in [-0.25, -0.2) is 4.98 Å². The minimum Gasteiger partial charge on any atom is -0.356 e. The first-order chi connectivity index (χ1) is 15.1. The van der Waals surface area contributed by atoms with Crippen LogP contribution in [-0.2, 0) is 24.2 Å². The summed E-state index contributed by atoms with van der Waals surface area (Å²) in [6.07, 6.45) is 1.99. The molecule has 3 aromatic carbocycles. The van der Waals surface area contributed by atoms with Crippen LogP contribution in [0.4, 0.5) is 0 Å². The third-order valence-electron chi connectivity index (χ3n) is 5.16. The van der Waals surface area contributed by atoms with E-state index in [-0.39, 0.29) is 5.91 Å². The lowest BCUT2D eigenvalue weighted by atomic mass is 10.1. The molecule has 4 nitrogen and oxygen atoms in total. The molecule has 4 aromatic rings. The summed E-state index contributed by atoms with van der Waals surface area (Å²) in [4.78, 5) is 17.1. The monoisotopic (exact) mass is 495 g/mol. The summed E-state index contributed by atoms with van der Waals surface area (Å²) in [6.45, 7) is 1.39. The molecule has 31 heavy (non-hydrogen) atoms. The van der Waals surface area contributed by atoms with Gasteiger partial charge in [-0.1, -0.05) is 63.9 Å². The number of amides is 1. The number of aromatic nitrogens is 2. The molecule has 0 radical (unpaired) electrons. The average molecular weight is 497 g/mol. The van der Waals surface area contributed by atoms with Crippen molar-refractivity contribution in [1.82, 2.24) is 14.9 Å². The maximum atomic E-state index is 12.2. The molecule has 1 heterocycles. The number of carbonyl (C=O) groups is 1. The second-order valence-electron chi connectivity index (χ2n) is 7.49. The molecule has 0 bridgehead atoms. The normalized spacial score (nSPS) is 11.0. The number of rotatable bonds is 8. The average Bonchev–Trinajstić information content (AvgIpc) is 3.12. The van der Waals surface area contributed by atoms with Crippen LogP contribution in [0.15, 0.2) is 77.3 Å². The van der Waals surface area contributed by atoms with E-state index in [1.165, 1.54) is 5.56 Å². The molecule has 0 fully saturated rings. The number of hydrogen-bond acceptors (Lipinski definition) is 2. The van der Waals surface area contributed by atoms with Crippen molar-refractivity contribution in [3.8, 4) is 0 Å². The molecule has 1 amide bonds. The van der Waals surface area contributed by atoms with Gasteiger partial charge in [0.05, 0.1) is 17.5 Å². The van der Waals surface area contributed by atoms with E-state index in [0.717, 1.165) is 46.3 Å². The molecule has 0 atom stereocenters. The Bertz CT molecular complexity index is 1170. The highest BCUT2D eigenvalue weighted by Crippen LogP contribution is 2.20. The van der Waals surface area contributed by atoms with Crippen molar-refractivity contribution < 1.29 is 4.79 Å². The molecule has 0 unspecified atom stereocenters. The minimum absolute atomic E-state index is 0.0192. The lowest BCUT2D eigenvalue weighted by molar-refractivity contribution is -0.120. The Morgan fingerprint density at radius 3 is 2.45 bits per heavy atom. The highest BCUT2D eigenvalue weighted by molar-refractivity contribution is 9.10. The van der Waals surface area contributed by atoms with Gasteiger partial charge in [0.25, 0.3) is 0 Å². The maximum Gasteiger partial charge on any atom is 0.224 e. The number of halogens is 2. The van der Waals surface area contributed by atoms with E-state index >= 15 is 0 Å². The van der Waals surface area contributed by atoms with E-state index in [9.17, 15) is 4.79 Å². The van der Waals surface area contributed by atoms with E-state index in [1.807, 2.05) is 30.3 Å². The first-order valence-corrected chi connectivity index (χ1v) is 11.5. The number of aryl methyl sites for hydroxylation is 1. The summed E-state index contributed by atoms with van der Waals surface area (Å²) in [5, 5.41) is 3.69. The van der Waals surface area contributed by atoms with Crippen molar-refractivity contribution in [3.63, 3.8) is 0 Å². The Hall–Kier alpha value is -2.63. The number of nitrogens with one attached hydrogen (secondary N) is 1. The Morgan fingerprint density at radius 1 is 0.968 bits per heavy atom. The zero-order chi connectivity index (χ0) is 21.6. The molecular formula is C25H23BrClN3O. The van der Waals surface area contributed by atoms with Crippen LogP contribution in [0.1, 0.15) is 23.4 Å². The van der Waals surface area contributed by atoms with Gasteiger partial charge in [-0.3, -0.25) is 4.79 Å². The second-order valence-corrected chi connectivity index (χ2v) is 8.84. The van der Waals surface area contributed by atoms with Crippen LogP contribution >= 0.6 is 27.5 Å². The second kappa shape index (κ2) is 10.1. The first kappa shape index (κ1) is 21.6. The van der Waals surface area contributed by atoms with Gasteiger partial charge in [-0.05, 0) is 53.9 Å². The fourth-order valence-electron chi connectivity index (χ4n) is 3.59. The summed E-state index contributed by atoms with van der Waals surface area (Å²) < 4.78 is 3.34. The molecule has 4 rings (SSSR count). The van der Waals surface area contributed by atoms with Crippen LogP contribution in [0.3, 0.4) is 0 Å². The van der Waals surface area contributed by atoms with E-state index < -0.39 is 0 Å². The van der Waals surface area contributed by atoms with Crippen molar-refractivity contribution >= 4 is 44.5 Å². The van der Waals surface area contributed by atoms with Crippen LogP contribution in [-0.4, -0.2) is 22.0 Å². The summed E-state index contributed by atoms with van der Waals surface area (Å²) in [5.74, 6) is 1.06. The van der Waals surface area contributed by atoms with Crippen molar-refractivity contribution in [2.24, 2.45) is 0 Å². The van der Waals surface area contributed by atoms with Gasteiger partial charge in [0, 0.05) is 29.0 Å². The number of benzene rings is 3. The minimum atomic E-state index is 0.0192. The van der Waals surface area contributed by atoms with Crippen LogP contribution in [0.5, 0.6) is 0 Å². The molecule has 0 saturated carbocycles. The molecule has 1 N–H and O–H groups in total. The number of hydrogen-bond donors (Lipinski definition) is 1. The number of para-hydroxylation sites is 2. The van der Waals surface area contributed by atoms with Crippen molar-refractivity contribution in [2.75, 3.05) is 6.54 Å². The lowest BCUT2D eigenvalue weighted by Crippen LogP contribution is -2.26. The third kappa shape index (κ3) is 5.75. The highest BCUT2D eigenvalue weighted by Gasteiger charge is 2.11. The van der Waals surface area contributed by atoms with Crippen molar-refractivity contribution in [3.05, 3.63) is 99.2 Å². The Labute approximate surface area is 195 Å². The predicted molar refractivity (Wildman–Crippen MR) is 129 cm³/mol.